The molecule has 0 amide bonds. The maximum absolute atomic E-state index is 11.7. The number of para-hydroxylation sites is 1. The Balaban J connectivity index is 2.04. The minimum Gasteiger partial charge on any atom is -0.461 e. The van der Waals surface area contributed by atoms with Crippen LogP contribution < -0.4 is 0 Å². The van der Waals surface area contributed by atoms with Crippen molar-refractivity contribution in [2.75, 3.05) is 6.61 Å². The third-order valence-electron chi connectivity index (χ3n) is 2.65. The number of rotatable bonds is 3. The molecule has 0 bridgehead atoms. The van der Waals surface area contributed by atoms with E-state index in [9.17, 15) is 4.79 Å². The maximum Gasteiger partial charge on any atom is 0.358 e. The largest absolute Gasteiger partial charge is 0.461 e. The van der Waals surface area contributed by atoms with Crippen LogP contribution in [0.15, 0.2) is 30.5 Å². The van der Waals surface area contributed by atoms with Crippen molar-refractivity contribution < 1.29 is 9.53 Å². The van der Waals surface area contributed by atoms with E-state index in [2.05, 4.69) is 4.98 Å². The van der Waals surface area contributed by atoms with Crippen LogP contribution in [-0.2, 0) is 4.74 Å². The number of nitrogens with zero attached hydrogens (tertiary/aromatic N) is 2. The molecule has 2 aromatic heterocycles. The van der Waals surface area contributed by atoms with Gasteiger partial charge in [-0.3, -0.25) is 4.40 Å². The molecule has 5 heteroatoms. The van der Waals surface area contributed by atoms with Crippen LogP contribution in [0.3, 0.4) is 0 Å². The zero-order chi connectivity index (χ0) is 12.5. The normalized spacial score (nSPS) is 11.2. The van der Waals surface area contributed by atoms with Gasteiger partial charge in [-0.1, -0.05) is 30.4 Å². The molecule has 1 aromatic carbocycles. The van der Waals surface area contributed by atoms with Gasteiger partial charge in [-0.15, -0.1) is 0 Å². The molecule has 0 saturated heterocycles. The van der Waals surface area contributed by atoms with Gasteiger partial charge in [0.2, 0.25) is 0 Å². The van der Waals surface area contributed by atoms with Crippen LogP contribution in [-0.4, -0.2) is 22.0 Å². The first-order chi connectivity index (χ1) is 8.79. The fourth-order valence-electron chi connectivity index (χ4n) is 1.82. The molecule has 3 aromatic rings. The molecule has 0 spiro atoms. The van der Waals surface area contributed by atoms with Gasteiger partial charge < -0.3 is 4.74 Å². The standard InChI is InChI=1S/C13H12N2O2S/c1-2-7-17-12(16)9-8-15-10-5-3-4-6-11(10)18-13(15)14-9/h3-6,8H,2,7H2,1H3. The SMILES string of the molecule is CCCOC(=O)c1cn2c(n1)sc1ccccc12. The number of fused-ring (bicyclic) bond motifs is 3. The van der Waals surface area contributed by atoms with E-state index >= 15 is 0 Å². The molecule has 0 aliphatic heterocycles. The fourth-order valence-corrected chi connectivity index (χ4v) is 2.82. The van der Waals surface area contributed by atoms with Gasteiger partial charge in [0.25, 0.3) is 0 Å². The Morgan fingerprint density at radius 1 is 1.44 bits per heavy atom. The summed E-state index contributed by atoms with van der Waals surface area (Å²) in [6.07, 6.45) is 2.56. The van der Waals surface area contributed by atoms with Gasteiger partial charge in [0.15, 0.2) is 10.7 Å². The van der Waals surface area contributed by atoms with Crippen LogP contribution in [0.2, 0.25) is 0 Å². The first-order valence-electron chi connectivity index (χ1n) is 5.83. The number of aromatic nitrogens is 2. The summed E-state index contributed by atoms with van der Waals surface area (Å²) < 4.78 is 8.17. The van der Waals surface area contributed by atoms with Crippen molar-refractivity contribution in [1.82, 2.24) is 9.38 Å². The van der Waals surface area contributed by atoms with Crippen LogP contribution in [0.1, 0.15) is 23.8 Å². The van der Waals surface area contributed by atoms with Gasteiger partial charge in [-0.25, -0.2) is 9.78 Å². The van der Waals surface area contributed by atoms with Gasteiger partial charge in [0.1, 0.15) is 0 Å². The van der Waals surface area contributed by atoms with E-state index < -0.39 is 0 Å². The quantitative estimate of drug-likeness (QED) is 0.680. The summed E-state index contributed by atoms with van der Waals surface area (Å²) in [6, 6.07) is 8.03. The zero-order valence-corrected chi connectivity index (χ0v) is 10.7. The topological polar surface area (TPSA) is 43.6 Å². The highest BCUT2D eigenvalue weighted by Crippen LogP contribution is 2.26. The Morgan fingerprint density at radius 2 is 2.28 bits per heavy atom. The van der Waals surface area contributed by atoms with E-state index in [1.54, 1.807) is 17.5 Å². The minimum atomic E-state index is -0.350. The van der Waals surface area contributed by atoms with E-state index in [4.69, 9.17) is 4.74 Å². The molecule has 92 valence electrons. The molecule has 3 rings (SSSR count). The smallest absolute Gasteiger partial charge is 0.358 e. The highest BCUT2D eigenvalue weighted by atomic mass is 32.1. The lowest BCUT2D eigenvalue weighted by molar-refractivity contribution is 0.0499. The summed E-state index contributed by atoms with van der Waals surface area (Å²) in [6.45, 7) is 2.40. The van der Waals surface area contributed by atoms with Crippen molar-refractivity contribution in [2.24, 2.45) is 0 Å². The molecule has 2 heterocycles. The summed E-state index contributed by atoms with van der Waals surface area (Å²) >= 11 is 1.57. The summed E-state index contributed by atoms with van der Waals surface area (Å²) in [5.41, 5.74) is 1.44. The lowest BCUT2D eigenvalue weighted by Gasteiger charge is -1.98. The molecule has 0 radical (unpaired) electrons. The number of hydrogen-bond donors (Lipinski definition) is 0. The summed E-state index contributed by atoms with van der Waals surface area (Å²) in [7, 11) is 0. The number of imidazole rings is 1. The Labute approximate surface area is 108 Å². The number of carbonyl (C=O) groups excluding carboxylic acids is 1. The van der Waals surface area contributed by atoms with Crippen molar-refractivity contribution in [3.8, 4) is 0 Å². The predicted molar refractivity (Wildman–Crippen MR) is 71.1 cm³/mol. The van der Waals surface area contributed by atoms with E-state index in [0.29, 0.717) is 12.3 Å². The van der Waals surface area contributed by atoms with E-state index in [-0.39, 0.29) is 5.97 Å². The third-order valence-corrected chi connectivity index (χ3v) is 3.68. The minimum absolute atomic E-state index is 0.350. The molecular formula is C13H12N2O2S. The number of esters is 1. The third kappa shape index (κ3) is 1.76. The van der Waals surface area contributed by atoms with E-state index in [1.165, 1.54) is 0 Å². The Bertz CT molecular complexity index is 714. The average Bonchev–Trinajstić information content (AvgIpc) is 2.93. The van der Waals surface area contributed by atoms with Crippen molar-refractivity contribution >= 4 is 32.5 Å². The molecule has 0 aliphatic rings. The second-order valence-electron chi connectivity index (χ2n) is 3.98. The molecule has 0 saturated carbocycles. The van der Waals surface area contributed by atoms with Crippen LogP contribution in [0.5, 0.6) is 0 Å². The lowest BCUT2D eigenvalue weighted by Crippen LogP contribution is -2.05. The van der Waals surface area contributed by atoms with Crippen molar-refractivity contribution in [1.29, 1.82) is 0 Å². The molecule has 0 atom stereocenters. The Kier molecular flexibility index (Phi) is 2.76. The predicted octanol–water partition coefficient (Wildman–Crippen LogP) is 3.12. The molecule has 0 unspecified atom stereocenters. The van der Waals surface area contributed by atoms with Crippen LogP contribution in [0, 0.1) is 0 Å². The molecule has 0 fully saturated rings. The summed E-state index contributed by atoms with van der Waals surface area (Å²) in [5, 5.41) is 0. The number of carbonyl (C=O) groups is 1. The van der Waals surface area contributed by atoms with Gasteiger partial charge >= 0.3 is 5.97 Å². The van der Waals surface area contributed by atoms with Crippen LogP contribution in [0.25, 0.3) is 15.2 Å². The highest BCUT2D eigenvalue weighted by Gasteiger charge is 2.14. The molecule has 0 aliphatic carbocycles. The Hall–Kier alpha value is -1.88. The monoisotopic (exact) mass is 260 g/mol. The highest BCUT2D eigenvalue weighted by molar-refractivity contribution is 7.23. The Morgan fingerprint density at radius 3 is 3.11 bits per heavy atom. The van der Waals surface area contributed by atoms with Crippen LogP contribution >= 0.6 is 11.3 Å². The van der Waals surface area contributed by atoms with Gasteiger partial charge in [-0.05, 0) is 18.6 Å². The maximum atomic E-state index is 11.7. The average molecular weight is 260 g/mol. The van der Waals surface area contributed by atoms with Gasteiger partial charge in [-0.2, -0.15) is 0 Å². The number of hydrogen-bond acceptors (Lipinski definition) is 4. The van der Waals surface area contributed by atoms with E-state index in [1.807, 2.05) is 35.6 Å². The van der Waals surface area contributed by atoms with Crippen molar-refractivity contribution in [3.05, 3.63) is 36.2 Å². The second-order valence-corrected chi connectivity index (χ2v) is 4.99. The van der Waals surface area contributed by atoms with Crippen LogP contribution in [0.4, 0.5) is 0 Å². The number of thiazole rings is 1. The molecular weight excluding hydrogens is 248 g/mol. The second kappa shape index (κ2) is 4.42. The zero-order valence-electron chi connectivity index (χ0n) is 9.92. The lowest BCUT2D eigenvalue weighted by atomic mass is 10.3. The fraction of sp³-hybridized carbons (Fsp3) is 0.231. The summed E-state index contributed by atoms with van der Waals surface area (Å²) in [5.74, 6) is -0.350. The summed E-state index contributed by atoms with van der Waals surface area (Å²) in [4.78, 5) is 16.8. The number of benzene rings is 1. The molecule has 0 N–H and O–H groups in total. The van der Waals surface area contributed by atoms with Crippen molar-refractivity contribution in [2.45, 2.75) is 13.3 Å². The number of ether oxygens (including phenoxy) is 1. The molecule has 4 nitrogen and oxygen atoms in total. The van der Waals surface area contributed by atoms with Gasteiger partial charge in [0, 0.05) is 6.20 Å². The first kappa shape index (κ1) is 11.2. The van der Waals surface area contributed by atoms with Gasteiger partial charge in [0.05, 0.1) is 16.8 Å². The first-order valence-corrected chi connectivity index (χ1v) is 6.65. The van der Waals surface area contributed by atoms with E-state index in [0.717, 1.165) is 21.6 Å². The molecule has 18 heavy (non-hydrogen) atoms. The van der Waals surface area contributed by atoms with Crippen molar-refractivity contribution in [3.63, 3.8) is 0 Å².